The Hall–Kier alpha value is -3.32. The number of aryl methyl sites for hydroxylation is 2. The number of hydrogen-bond donors (Lipinski definition) is 0. The van der Waals surface area contributed by atoms with Crippen molar-refractivity contribution < 1.29 is 4.79 Å². The van der Waals surface area contributed by atoms with Crippen LogP contribution in [0.15, 0.2) is 65.7 Å². The number of rotatable bonds is 5. The number of aromatic nitrogens is 3. The Bertz CT molecular complexity index is 1270. The molecule has 2 aromatic heterocycles. The van der Waals surface area contributed by atoms with Crippen molar-refractivity contribution in [2.24, 2.45) is 0 Å². The van der Waals surface area contributed by atoms with Crippen LogP contribution in [-0.2, 0) is 30.7 Å². The van der Waals surface area contributed by atoms with Gasteiger partial charge in [-0.15, -0.1) is 11.3 Å². The van der Waals surface area contributed by atoms with Crippen LogP contribution in [0.3, 0.4) is 0 Å². The van der Waals surface area contributed by atoms with Crippen LogP contribution >= 0.6 is 11.3 Å². The van der Waals surface area contributed by atoms with Crippen molar-refractivity contribution >= 4 is 33.3 Å². The van der Waals surface area contributed by atoms with Gasteiger partial charge < -0.3 is 0 Å². The van der Waals surface area contributed by atoms with Gasteiger partial charge >= 0.3 is 0 Å². The largest absolute Gasteiger partial charge is 0.289 e. The molecule has 6 nitrogen and oxygen atoms in total. The SMILES string of the molecule is O=C(Cn1cnc2ccccc2c1=O)N(Cc1ccccc1)c1nc2c(s1)CCCC2. The van der Waals surface area contributed by atoms with Crippen LogP contribution in [0.5, 0.6) is 0 Å². The number of carbonyl (C=O) groups excluding carboxylic acids is 1. The highest BCUT2D eigenvalue weighted by atomic mass is 32.1. The van der Waals surface area contributed by atoms with E-state index < -0.39 is 0 Å². The van der Waals surface area contributed by atoms with E-state index in [-0.39, 0.29) is 18.0 Å². The summed E-state index contributed by atoms with van der Waals surface area (Å²) in [5.74, 6) is -0.172. The number of benzene rings is 2. The van der Waals surface area contributed by atoms with Crippen molar-refractivity contribution in [3.63, 3.8) is 0 Å². The molecule has 0 N–H and O–H groups in total. The lowest BCUT2D eigenvalue weighted by molar-refractivity contribution is -0.119. The van der Waals surface area contributed by atoms with Gasteiger partial charge in [-0.3, -0.25) is 19.1 Å². The van der Waals surface area contributed by atoms with E-state index >= 15 is 0 Å². The van der Waals surface area contributed by atoms with Crippen molar-refractivity contribution in [3.05, 3.63) is 87.4 Å². The molecular formula is C24H22N4O2S. The molecule has 0 saturated carbocycles. The molecule has 156 valence electrons. The average Bonchev–Trinajstić information content (AvgIpc) is 3.24. The third kappa shape index (κ3) is 4.01. The Morgan fingerprint density at radius 1 is 1.03 bits per heavy atom. The zero-order chi connectivity index (χ0) is 21.2. The van der Waals surface area contributed by atoms with Crippen molar-refractivity contribution in [1.29, 1.82) is 0 Å². The van der Waals surface area contributed by atoms with Gasteiger partial charge in [-0.2, -0.15) is 0 Å². The zero-order valence-electron chi connectivity index (χ0n) is 17.0. The fourth-order valence-corrected chi connectivity index (χ4v) is 5.10. The first-order chi connectivity index (χ1) is 15.2. The van der Waals surface area contributed by atoms with E-state index in [0.29, 0.717) is 22.6 Å². The first-order valence-electron chi connectivity index (χ1n) is 10.5. The summed E-state index contributed by atoms with van der Waals surface area (Å²) in [7, 11) is 0. The van der Waals surface area contributed by atoms with Crippen LogP contribution in [0, 0.1) is 0 Å². The van der Waals surface area contributed by atoms with E-state index in [1.807, 2.05) is 36.4 Å². The molecule has 1 aliphatic carbocycles. The maximum atomic E-state index is 13.4. The number of hydrogen-bond acceptors (Lipinski definition) is 5. The number of para-hydroxylation sites is 1. The highest BCUT2D eigenvalue weighted by Gasteiger charge is 2.24. The van der Waals surface area contributed by atoms with E-state index in [1.165, 1.54) is 22.2 Å². The fraction of sp³-hybridized carbons (Fsp3) is 0.250. The van der Waals surface area contributed by atoms with Gasteiger partial charge in [-0.25, -0.2) is 9.97 Å². The number of amides is 1. The Labute approximate surface area is 183 Å². The summed E-state index contributed by atoms with van der Waals surface area (Å²) in [6.45, 7) is 0.343. The molecule has 0 unspecified atom stereocenters. The van der Waals surface area contributed by atoms with Gasteiger partial charge in [0.05, 0.1) is 29.5 Å². The molecule has 0 fully saturated rings. The van der Waals surface area contributed by atoms with Gasteiger partial charge in [0.1, 0.15) is 6.54 Å². The molecule has 2 aromatic carbocycles. The topological polar surface area (TPSA) is 68.1 Å². The van der Waals surface area contributed by atoms with Gasteiger partial charge in [-0.05, 0) is 43.4 Å². The lowest BCUT2D eigenvalue weighted by Crippen LogP contribution is -2.36. The summed E-state index contributed by atoms with van der Waals surface area (Å²) in [5, 5.41) is 1.22. The summed E-state index contributed by atoms with van der Waals surface area (Å²) in [4.78, 5) is 38.4. The molecule has 0 aliphatic heterocycles. The predicted octanol–water partition coefficient (Wildman–Crippen LogP) is 3.97. The molecule has 0 spiro atoms. The van der Waals surface area contributed by atoms with Crippen LogP contribution in [0.4, 0.5) is 5.13 Å². The standard InChI is InChI=1S/C24H22N4O2S/c29-22(15-27-16-25-19-11-5-4-10-18(19)23(27)30)28(14-17-8-2-1-3-9-17)24-26-20-12-6-7-13-21(20)31-24/h1-5,8-11,16H,6-7,12-15H2. The second-order valence-electron chi connectivity index (χ2n) is 7.73. The van der Waals surface area contributed by atoms with Crippen molar-refractivity contribution in [2.45, 2.75) is 38.8 Å². The van der Waals surface area contributed by atoms with Crippen LogP contribution in [0.25, 0.3) is 10.9 Å². The van der Waals surface area contributed by atoms with Crippen LogP contribution in [0.2, 0.25) is 0 Å². The van der Waals surface area contributed by atoms with Gasteiger partial charge in [0.2, 0.25) is 5.91 Å². The van der Waals surface area contributed by atoms with E-state index in [9.17, 15) is 9.59 Å². The molecular weight excluding hydrogens is 408 g/mol. The van der Waals surface area contributed by atoms with Crippen LogP contribution in [-0.4, -0.2) is 20.4 Å². The normalized spacial score (nSPS) is 13.2. The molecule has 4 aromatic rings. The van der Waals surface area contributed by atoms with Gasteiger partial charge in [-0.1, -0.05) is 42.5 Å². The van der Waals surface area contributed by atoms with Gasteiger partial charge in [0, 0.05) is 4.88 Å². The third-order valence-corrected chi connectivity index (χ3v) is 6.77. The summed E-state index contributed by atoms with van der Waals surface area (Å²) in [6, 6.07) is 17.1. The summed E-state index contributed by atoms with van der Waals surface area (Å²) in [5.41, 5.74) is 2.55. The molecule has 0 atom stereocenters. The molecule has 7 heteroatoms. The molecule has 5 rings (SSSR count). The summed E-state index contributed by atoms with van der Waals surface area (Å²) < 4.78 is 1.39. The number of anilines is 1. The quantitative estimate of drug-likeness (QED) is 0.481. The predicted molar refractivity (Wildman–Crippen MR) is 122 cm³/mol. The maximum absolute atomic E-state index is 13.4. The van der Waals surface area contributed by atoms with Crippen molar-refractivity contribution in [1.82, 2.24) is 14.5 Å². The van der Waals surface area contributed by atoms with E-state index in [2.05, 4.69) is 4.98 Å². The smallest absolute Gasteiger partial charge is 0.261 e. The Morgan fingerprint density at radius 3 is 2.65 bits per heavy atom. The molecule has 31 heavy (non-hydrogen) atoms. The second-order valence-corrected chi connectivity index (χ2v) is 8.80. The molecule has 2 heterocycles. The molecule has 0 radical (unpaired) electrons. The summed E-state index contributed by atoms with van der Waals surface area (Å²) in [6.07, 6.45) is 5.75. The molecule has 1 aliphatic rings. The fourth-order valence-electron chi connectivity index (χ4n) is 3.93. The Balaban J connectivity index is 1.48. The Kier molecular flexibility index (Phi) is 5.34. The van der Waals surface area contributed by atoms with E-state index in [1.54, 1.807) is 34.4 Å². The molecule has 1 amide bonds. The van der Waals surface area contributed by atoms with Crippen LogP contribution < -0.4 is 10.5 Å². The lowest BCUT2D eigenvalue weighted by atomic mass is 10.0. The van der Waals surface area contributed by atoms with Crippen molar-refractivity contribution in [2.75, 3.05) is 4.90 Å². The Morgan fingerprint density at radius 2 is 1.81 bits per heavy atom. The number of thiazole rings is 1. The highest BCUT2D eigenvalue weighted by molar-refractivity contribution is 7.15. The molecule has 0 bridgehead atoms. The number of fused-ring (bicyclic) bond motifs is 2. The third-order valence-electron chi connectivity index (χ3n) is 5.59. The minimum atomic E-state index is -0.211. The first-order valence-corrected chi connectivity index (χ1v) is 11.3. The van der Waals surface area contributed by atoms with E-state index in [0.717, 1.165) is 30.5 Å². The maximum Gasteiger partial charge on any atom is 0.261 e. The van der Waals surface area contributed by atoms with Crippen molar-refractivity contribution in [3.8, 4) is 0 Å². The second kappa shape index (κ2) is 8.43. The van der Waals surface area contributed by atoms with E-state index in [4.69, 9.17) is 4.98 Å². The lowest BCUT2D eigenvalue weighted by Gasteiger charge is -2.20. The number of carbonyl (C=O) groups is 1. The minimum Gasteiger partial charge on any atom is -0.289 e. The first kappa shape index (κ1) is 19.6. The number of nitrogens with zero attached hydrogens (tertiary/aromatic N) is 4. The average molecular weight is 431 g/mol. The zero-order valence-corrected chi connectivity index (χ0v) is 17.8. The minimum absolute atomic E-state index is 0.0756. The molecule has 0 saturated heterocycles. The monoisotopic (exact) mass is 430 g/mol. The summed E-state index contributed by atoms with van der Waals surface area (Å²) >= 11 is 1.60. The van der Waals surface area contributed by atoms with Crippen LogP contribution in [0.1, 0.15) is 29.0 Å². The highest BCUT2D eigenvalue weighted by Crippen LogP contribution is 2.32. The van der Waals surface area contributed by atoms with Gasteiger partial charge in [0.15, 0.2) is 5.13 Å². The van der Waals surface area contributed by atoms with Gasteiger partial charge in [0.25, 0.3) is 5.56 Å².